The first-order chi connectivity index (χ1) is 12.8. The van der Waals surface area contributed by atoms with Gasteiger partial charge in [0.1, 0.15) is 5.58 Å². The Kier molecular flexibility index (Phi) is 3.75. The summed E-state index contributed by atoms with van der Waals surface area (Å²) in [6.07, 6.45) is 5.91. The molecule has 2 bridgehead atoms. The molecule has 2 aromatic heterocycles. The van der Waals surface area contributed by atoms with E-state index in [9.17, 15) is 4.79 Å². The van der Waals surface area contributed by atoms with Gasteiger partial charge in [0.15, 0.2) is 5.76 Å². The summed E-state index contributed by atoms with van der Waals surface area (Å²) in [5, 5.41) is 4.14. The van der Waals surface area contributed by atoms with Crippen molar-refractivity contribution in [3.05, 3.63) is 54.6 Å². The van der Waals surface area contributed by atoms with E-state index in [0.717, 1.165) is 41.7 Å². The van der Waals surface area contributed by atoms with E-state index < -0.39 is 0 Å². The van der Waals surface area contributed by atoms with Crippen LogP contribution in [0, 0.1) is 5.92 Å². The summed E-state index contributed by atoms with van der Waals surface area (Å²) >= 11 is 0. The Balaban J connectivity index is 1.44. The van der Waals surface area contributed by atoms with Crippen molar-refractivity contribution in [1.82, 2.24) is 15.2 Å². The van der Waals surface area contributed by atoms with Gasteiger partial charge in [-0.25, -0.2) is 0 Å². The number of pyridine rings is 1. The zero-order valence-corrected chi connectivity index (χ0v) is 14.5. The summed E-state index contributed by atoms with van der Waals surface area (Å²) < 4.78 is 5.98. The van der Waals surface area contributed by atoms with Gasteiger partial charge >= 0.3 is 0 Å². The second kappa shape index (κ2) is 6.25. The molecule has 3 aliphatic heterocycles. The normalized spacial score (nSPS) is 24.7. The van der Waals surface area contributed by atoms with Crippen LogP contribution < -0.4 is 5.32 Å². The molecule has 5 heteroatoms. The number of piperidine rings is 3. The lowest BCUT2D eigenvalue weighted by Gasteiger charge is -2.44. The quantitative estimate of drug-likeness (QED) is 0.790. The number of aromatic nitrogens is 1. The lowest BCUT2D eigenvalue weighted by atomic mass is 9.84. The van der Waals surface area contributed by atoms with Crippen LogP contribution in [-0.4, -0.2) is 41.5 Å². The largest absolute Gasteiger partial charge is 0.450 e. The number of nitrogens with one attached hydrogen (secondary N) is 1. The van der Waals surface area contributed by atoms with Crippen molar-refractivity contribution < 1.29 is 9.21 Å². The number of fused-ring (bicyclic) bond motifs is 4. The molecule has 0 radical (unpaired) electrons. The fourth-order valence-corrected chi connectivity index (χ4v) is 4.29. The molecule has 1 atom stereocenters. The van der Waals surface area contributed by atoms with Crippen molar-refractivity contribution in [3.8, 4) is 11.1 Å². The van der Waals surface area contributed by atoms with Gasteiger partial charge in [0.05, 0.1) is 0 Å². The zero-order valence-electron chi connectivity index (χ0n) is 14.5. The van der Waals surface area contributed by atoms with Crippen molar-refractivity contribution in [2.24, 2.45) is 5.92 Å². The molecule has 6 rings (SSSR count). The highest BCUT2D eigenvalue weighted by Gasteiger charge is 2.35. The van der Waals surface area contributed by atoms with Gasteiger partial charge in [-0.3, -0.25) is 9.78 Å². The summed E-state index contributed by atoms with van der Waals surface area (Å²) in [6.45, 7) is 3.28. The molecule has 3 fully saturated rings. The number of para-hydroxylation sites is 1. The maximum Gasteiger partial charge on any atom is 0.287 e. The van der Waals surface area contributed by atoms with Crippen molar-refractivity contribution in [3.63, 3.8) is 0 Å². The van der Waals surface area contributed by atoms with E-state index in [2.05, 4.69) is 15.2 Å². The van der Waals surface area contributed by atoms with Gasteiger partial charge in [-0.2, -0.15) is 0 Å². The molecule has 1 aromatic carbocycles. The van der Waals surface area contributed by atoms with Crippen LogP contribution >= 0.6 is 0 Å². The number of hydrogen-bond donors (Lipinski definition) is 1. The van der Waals surface area contributed by atoms with Gasteiger partial charge in [0.2, 0.25) is 0 Å². The zero-order chi connectivity index (χ0) is 17.5. The topological polar surface area (TPSA) is 58.4 Å². The van der Waals surface area contributed by atoms with Crippen LogP contribution in [0.5, 0.6) is 0 Å². The van der Waals surface area contributed by atoms with Gasteiger partial charge in [-0.1, -0.05) is 24.3 Å². The van der Waals surface area contributed by atoms with E-state index >= 15 is 0 Å². The molecule has 3 aromatic rings. The maximum atomic E-state index is 12.8. The van der Waals surface area contributed by atoms with Crippen molar-refractivity contribution >= 4 is 16.9 Å². The Hall–Kier alpha value is -2.66. The molecule has 0 saturated carbocycles. The number of carbonyl (C=O) groups is 1. The van der Waals surface area contributed by atoms with Gasteiger partial charge in [-0.15, -0.1) is 0 Å². The van der Waals surface area contributed by atoms with Crippen LogP contribution in [-0.2, 0) is 0 Å². The molecule has 0 aliphatic carbocycles. The van der Waals surface area contributed by atoms with E-state index in [1.165, 1.54) is 12.8 Å². The lowest BCUT2D eigenvalue weighted by Crippen LogP contribution is -2.57. The van der Waals surface area contributed by atoms with E-state index in [-0.39, 0.29) is 11.9 Å². The first-order valence-corrected chi connectivity index (χ1v) is 9.24. The number of rotatable bonds is 3. The predicted molar refractivity (Wildman–Crippen MR) is 99.9 cm³/mol. The molecule has 0 unspecified atom stereocenters. The SMILES string of the molecule is O=C(N[C@H]1CN2CCC1CC2)c1cc2cccc(-c3cccnc3)c2o1. The minimum atomic E-state index is -0.114. The van der Waals surface area contributed by atoms with E-state index in [0.29, 0.717) is 11.7 Å². The van der Waals surface area contributed by atoms with Crippen molar-refractivity contribution in [2.45, 2.75) is 18.9 Å². The minimum Gasteiger partial charge on any atom is -0.450 e. The lowest BCUT2D eigenvalue weighted by molar-refractivity contribution is 0.0607. The molecule has 132 valence electrons. The first kappa shape index (κ1) is 15.6. The van der Waals surface area contributed by atoms with Gasteiger partial charge in [-0.05, 0) is 44.0 Å². The van der Waals surface area contributed by atoms with Crippen LogP contribution in [0.4, 0.5) is 0 Å². The number of carbonyl (C=O) groups excluding carboxylic acids is 1. The molecule has 26 heavy (non-hydrogen) atoms. The van der Waals surface area contributed by atoms with Crippen LogP contribution in [0.2, 0.25) is 0 Å². The average Bonchev–Trinajstić information content (AvgIpc) is 3.14. The molecule has 5 heterocycles. The van der Waals surface area contributed by atoms with Gasteiger partial charge in [0, 0.05) is 41.5 Å². The molecule has 5 nitrogen and oxygen atoms in total. The van der Waals surface area contributed by atoms with E-state index in [1.807, 2.05) is 42.6 Å². The fourth-order valence-electron chi connectivity index (χ4n) is 4.29. The molecular weight excluding hydrogens is 326 g/mol. The number of furan rings is 1. The smallest absolute Gasteiger partial charge is 0.287 e. The van der Waals surface area contributed by atoms with Gasteiger partial charge in [0.25, 0.3) is 5.91 Å². The second-order valence-corrected chi connectivity index (χ2v) is 7.29. The molecule has 3 saturated heterocycles. The van der Waals surface area contributed by atoms with Crippen LogP contribution in [0.15, 0.2) is 53.2 Å². The molecular formula is C21H21N3O2. The molecule has 0 spiro atoms. The third kappa shape index (κ3) is 2.69. The standard InChI is InChI=1S/C21H21N3O2/c25-21(23-18-13-24-9-6-14(18)7-10-24)19-11-15-3-1-5-17(20(15)26-19)16-4-2-8-22-12-16/h1-5,8,11-12,14,18H,6-7,9-10,13H2,(H,23,25)/t18-/m0/s1. The summed E-state index contributed by atoms with van der Waals surface area (Å²) in [4.78, 5) is 19.4. The second-order valence-electron chi connectivity index (χ2n) is 7.29. The Labute approximate surface area is 152 Å². The number of nitrogens with zero attached hydrogens (tertiary/aromatic N) is 2. The van der Waals surface area contributed by atoms with Crippen LogP contribution in [0.1, 0.15) is 23.4 Å². The van der Waals surface area contributed by atoms with E-state index in [1.54, 1.807) is 6.20 Å². The van der Waals surface area contributed by atoms with Crippen molar-refractivity contribution in [1.29, 1.82) is 0 Å². The number of amides is 1. The van der Waals surface area contributed by atoms with Crippen LogP contribution in [0.3, 0.4) is 0 Å². The summed E-state index contributed by atoms with van der Waals surface area (Å²) in [5.74, 6) is 0.865. The highest BCUT2D eigenvalue weighted by molar-refractivity contribution is 6.00. The average molecular weight is 347 g/mol. The fraction of sp³-hybridized carbons (Fsp3) is 0.333. The van der Waals surface area contributed by atoms with Crippen molar-refractivity contribution in [2.75, 3.05) is 19.6 Å². The van der Waals surface area contributed by atoms with Gasteiger partial charge < -0.3 is 14.6 Å². The number of benzene rings is 1. The highest BCUT2D eigenvalue weighted by atomic mass is 16.3. The van der Waals surface area contributed by atoms with Crippen LogP contribution in [0.25, 0.3) is 22.1 Å². The summed E-state index contributed by atoms with van der Waals surface area (Å²) in [5.41, 5.74) is 2.67. The first-order valence-electron chi connectivity index (χ1n) is 9.24. The minimum absolute atomic E-state index is 0.114. The monoisotopic (exact) mass is 347 g/mol. The molecule has 1 amide bonds. The Morgan fingerprint density at radius 3 is 2.81 bits per heavy atom. The Morgan fingerprint density at radius 1 is 1.19 bits per heavy atom. The molecule has 3 aliphatic rings. The predicted octanol–water partition coefficient (Wildman–Crippen LogP) is 3.32. The summed E-state index contributed by atoms with van der Waals surface area (Å²) in [6, 6.07) is 11.9. The third-order valence-electron chi connectivity index (χ3n) is 5.71. The third-order valence-corrected chi connectivity index (χ3v) is 5.71. The summed E-state index contributed by atoms with van der Waals surface area (Å²) in [7, 11) is 0. The van der Waals surface area contributed by atoms with E-state index in [4.69, 9.17) is 4.42 Å². The Bertz CT molecular complexity index is 942. The molecule has 1 N–H and O–H groups in total. The maximum absolute atomic E-state index is 12.8. The Morgan fingerprint density at radius 2 is 2.08 bits per heavy atom. The highest BCUT2D eigenvalue weighted by Crippen LogP contribution is 2.31. The number of hydrogen-bond acceptors (Lipinski definition) is 4.